The van der Waals surface area contributed by atoms with Crippen LogP contribution < -0.4 is 10.2 Å². The second-order valence-corrected chi connectivity index (χ2v) is 7.61. The van der Waals surface area contributed by atoms with E-state index < -0.39 is 0 Å². The maximum absolute atomic E-state index is 12.2. The van der Waals surface area contributed by atoms with Crippen LogP contribution in [0.5, 0.6) is 0 Å². The Bertz CT molecular complexity index is 987. The van der Waals surface area contributed by atoms with Crippen molar-refractivity contribution in [3.63, 3.8) is 0 Å². The number of hydrogen-bond acceptors (Lipinski definition) is 7. The van der Waals surface area contributed by atoms with Crippen LogP contribution in [0.25, 0.3) is 5.65 Å². The zero-order valence-corrected chi connectivity index (χ0v) is 16.0. The number of carbonyl (C=O) groups is 1. The molecule has 2 aliphatic heterocycles. The minimum atomic E-state index is -0.330. The first kappa shape index (κ1) is 17.9. The van der Waals surface area contributed by atoms with E-state index >= 15 is 0 Å². The summed E-state index contributed by atoms with van der Waals surface area (Å²) in [5.41, 5.74) is 1.99. The summed E-state index contributed by atoms with van der Waals surface area (Å²) in [6.07, 6.45) is 2.08. The molecule has 1 aromatic carbocycles. The second kappa shape index (κ2) is 7.67. The molecule has 0 radical (unpaired) electrons. The third-order valence-electron chi connectivity index (χ3n) is 5.43. The fraction of sp³-hybridized carbons (Fsp3) is 0.400. The number of ether oxygens (including phenoxy) is 1. The topological polar surface area (TPSA) is 87.9 Å². The van der Waals surface area contributed by atoms with Gasteiger partial charge in [0.1, 0.15) is 18.2 Å². The summed E-state index contributed by atoms with van der Waals surface area (Å²) in [7, 11) is 0. The van der Waals surface area contributed by atoms with Crippen molar-refractivity contribution in [1.82, 2.24) is 30.0 Å². The van der Waals surface area contributed by atoms with E-state index in [1.54, 1.807) is 10.8 Å². The fourth-order valence-corrected chi connectivity index (χ4v) is 3.89. The molecule has 1 N–H and O–H groups in total. The molecule has 0 aliphatic carbocycles. The Morgan fingerprint density at radius 2 is 2.00 bits per heavy atom. The van der Waals surface area contributed by atoms with Gasteiger partial charge in [-0.1, -0.05) is 30.3 Å². The van der Waals surface area contributed by atoms with Crippen molar-refractivity contribution in [3.8, 4) is 0 Å². The first-order chi connectivity index (χ1) is 14.2. The van der Waals surface area contributed by atoms with Crippen molar-refractivity contribution in [3.05, 3.63) is 54.4 Å². The molecule has 4 heterocycles. The SMILES string of the molecule is O=C(N[C@H]1CCN(c2ccc3nncn3n2)C1)OC1CN(Cc2ccccc2)C1. The summed E-state index contributed by atoms with van der Waals surface area (Å²) in [6.45, 7) is 3.99. The summed E-state index contributed by atoms with van der Waals surface area (Å²) >= 11 is 0. The fourth-order valence-electron chi connectivity index (χ4n) is 3.89. The Morgan fingerprint density at radius 1 is 1.14 bits per heavy atom. The number of carbonyl (C=O) groups excluding carboxylic acids is 1. The first-order valence-electron chi connectivity index (χ1n) is 9.88. The Kier molecular flexibility index (Phi) is 4.73. The van der Waals surface area contributed by atoms with E-state index in [9.17, 15) is 4.79 Å². The van der Waals surface area contributed by atoms with Crippen molar-refractivity contribution in [2.24, 2.45) is 0 Å². The number of nitrogens with zero attached hydrogens (tertiary/aromatic N) is 6. The molecule has 2 aliphatic rings. The molecule has 0 spiro atoms. The second-order valence-electron chi connectivity index (χ2n) is 7.61. The number of anilines is 1. The molecule has 3 aromatic rings. The number of amides is 1. The van der Waals surface area contributed by atoms with Gasteiger partial charge in [0.2, 0.25) is 0 Å². The molecular formula is C20H23N7O2. The van der Waals surface area contributed by atoms with Gasteiger partial charge in [-0.3, -0.25) is 4.90 Å². The maximum atomic E-state index is 12.2. The molecule has 29 heavy (non-hydrogen) atoms. The third kappa shape index (κ3) is 4.00. The van der Waals surface area contributed by atoms with Crippen molar-refractivity contribution in [2.75, 3.05) is 31.1 Å². The van der Waals surface area contributed by atoms with Gasteiger partial charge in [0.15, 0.2) is 5.65 Å². The van der Waals surface area contributed by atoms with Crippen LogP contribution >= 0.6 is 0 Å². The van der Waals surface area contributed by atoms with E-state index in [0.29, 0.717) is 12.2 Å². The van der Waals surface area contributed by atoms with Crippen LogP contribution in [0.15, 0.2) is 48.8 Å². The van der Waals surface area contributed by atoms with Gasteiger partial charge >= 0.3 is 6.09 Å². The van der Waals surface area contributed by atoms with Gasteiger partial charge in [0.05, 0.1) is 6.04 Å². The summed E-state index contributed by atoms with van der Waals surface area (Å²) in [5.74, 6) is 0.852. The highest BCUT2D eigenvalue weighted by Gasteiger charge is 2.31. The Hall–Kier alpha value is -3.20. The number of fused-ring (bicyclic) bond motifs is 1. The molecule has 1 amide bonds. The van der Waals surface area contributed by atoms with Crippen LogP contribution in [0.1, 0.15) is 12.0 Å². The standard InChI is InChI=1S/C20H23N7O2/c28-20(29-17-12-25(13-17)10-15-4-2-1-3-5-15)22-16-8-9-26(11-16)19-7-6-18-23-21-14-27(18)24-19/h1-7,14,16-17H,8-13H2,(H,22,28)/t16-/m0/s1. The average molecular weight is 393 g/mol. The van der Waals surface area contributed by atoms with Crippen molar-refractivity contribution < 1.29 is 9.53 Å². The molecule has 9 nitrogen and oxygen atoms in total. The number of hydrogen-bond donors (Lipinski definition) is 1. The summed E-state index contributed by atoms with van der Waals surface area (Å²) in [4.78, 5) is 16.7. The highest BCUT2D eigenvalue weighted by molar-refractivity contribution is 5.68. The zero-order valence-electron chi connectivity index (χ0n) is 16.0. The van der Waals surface area contributed by atoms with Gasteiger partial charge < -0.3 is 15.0 Å². The number of aromatic nitrogens is 4. The van der Waals surface area contributed by atoms with Crippen molar-refractivity contribution >= 4 is 17.6 Å². The molecular weight excluding hydrogens is 370 g/mol. The van der Waals surface area contributed by atoms with Crippen molar-refractivity contribution in [1.29, 1.82) is 0 Å². The number of rotatable bonds is 5. The van der Waals surface area contributed by atoms with Crippen molar-refractivity contribution in [2.45, 2.75) is 25.1 Å². The summed E-state index contributed by atoms with van der Waals surface area (Å²) in [5, 5.41) is 15.3. The predicted molar refractivity (Wildman–Crippen MR) is 107 cm³/mol. The largest absolute Gasteiger partial charge is 0.444 e. The predicted octanol–water partition coefficient (Wildman–Crippen LogP) is 1.31. The molecule has 5 rings (SSSR count). The van der Waals surface area contributed by atoms with Crippen LogP contribution in [0.3, 0.4) is 0 Å². The summed E-state index contributed by atoms with van der Waals surface area (Å²) in [6, 6.07) is 14.2. The lowest BCUT2D eigenvalue weighted by Gasteiger charge is -2.38. The number of nitrogens with one attached hydrogen (secondary N) is 1. The lowest BCUT2D eigenvalue weighted by molar-refractivity contribution is -0.0179. The van der Waals surface area contributed by atoms with Gasteiger partial charge in [-0.15, -0.1) is 15.3 Å². The van der Waals surface area contributed by atoms with Crippen LogP contribution in [0.2, 0.25) is 0 Å². The van der Waals surface area contributed by atoms with E-state index in [1.165, 1.54) is 5.56 Å². The maximum Gasteiger partial charge on any atom is 0.407 e. The first-order valence-corrected chi connectivity index (χ1v) is 9.88. The number of benzene rings is 1. The van der Waals surface area contributed by atoms with Gasteiger partial charge in [0.25, 0.3) is 0 Å². The minimum Gasteiger partial charge on any atom is -0.444 e. The molecule has 0 saturated carbocycles. The smallest absolute Gasteiger partial charge is 0.407 e. The average Bonchev–Trinajstić information content (AvgIpc) is 3.35. The van der Waals surface area contributed by atoms with E-state index in [0.717, 1.165) is 38.4 Å². The van der Waals surface area contributed by atoms with E-state index in [4.69, 9.17) is 4.74 Å². The van der Waals surface area contributed by atoms with E-state index in [2.05, 4.69) is 42.5 Å². The third-order valence-corrected chi connectivity index (χ3v) is 5.43. The van der Waals surface area contributed by atoms with Gasteiger partial charge in [-0.05, 0) is 24.1 Å². The molecule has 1 atom stereocenters. The lowest BCUT2D eigenvalue weighted by atomic mass is 10.1. The van der Waals surface area contributed by atoms with E-state index in [1.807, 2.05) is 30.3 Å². The zero-order chi connectivity index (χ0) is 19.6. The van der Waals surface area contributed by atoms with Crippen LogP contribution in [0, 0.1) is 0 Å². The normalized spacial score (nSPS) is 20.0. The molecule has 0 bridgehead atoms. The molecule has 0 unspecified atom stereocenters. The van der Waals surface area contributed by atoms with Gasteiger partial charge in [0, 0.05) is 32.7 Å². The molecule has 150 valence electrons. The monoisotopic (exact) mass is 393 g/mol. The quantitative estimate of drug-likeness (QED) is 0.699. The highest BCUT2D eigenvalue weighted by Crippen LogP contribution is 2.19. The van der Waals surface area contributed by atoms with Crippen LogP contribution in [0.4, 0.5) is 10.6 Å². The Balaban J connectivity index is 1.06. The Labute approximate surface area is 168 Å². The minimum absolute atomic E-state index is 0.0333. The molecule has 2 aromatic heterocycles. The lowest BCUT2D eigenvalue weighted by Crippen LogP contribution is -2.53. The van der Waals surface area contributed by atoms with Gasteiger partial charge in [-0.2, -0.15) is 4.52 Å². The molecule has 2 saturated heterocycles. The van der Waals surface area contributed by atoms with Gasteiger partial charge in [-0.25, -0.2) is 4.79 Å². The Morgan fingerprint density at radius 3 is 2.86 bits per heavy atom. The summed E-state index contributed by atoms with van der Waals surface area (Å²) < 4.78 is 7.21. The number of alkyl carbamates (subject to hydrolysis) is 1. The van der Waals surface area contributed by atoms with Crippen LogP contribution in [-0.2, 0) is 11.3 Å². The van der Waals surface area contributed by atoms with E-state index in [-0.39, 0.29) is 18.2 Å². The molecule has 2 fully saturated rings. The highest BCUT2D eigenvalue weighted by atomic mass is 16.6. The number of likely N-dealkylation sites (tertiary alicyclic amines) is 1. The molecule has 9 heteroatoms. The van der Waals surface area contributed by atoms with Crippen LogP contribution in [-0.4, -0.2) is 69.1 Å².